The van der Waals surface area contributed by atoms with E-state index in [-0.39, 0.29) is 54.3 Å². The van der Waals surface area contributed by atoms with Crippen LogP contribution in [0.2, 0.25) is 0 Å². The van der Waals surface area contributed by atoms with Gasteiger partial charge in [-0.1, -0.05) is 6.92 Å². The van der Waals surface area contributed by atoms with Crippen molar-refractivity contribution in [3.05, 3.63) is 66.1 Å². The van der Waals surface area contributed by atoms with Crippen molar-refractivity contribution in [2.24, 2.45) is 13.0 Å². The number of benzene rings is 2. The molecule has 0 bridgehead atoms. The van der Waals surface area contributed by atoms with Gasteiger partial charge >= 0.3 is 12.2 Å². The molecule has 0 radical (unpaired) electrons. The average Bonchev–Trinajstić information content (AvgIpc) is 3.43. The van der Waals surface area contributed by atoms with Gasteiger partial charge < -0.3 is 29.9 Å². The second-order valence-corrected chi connectivity index (χ2v) is 13.0. The molecule has 1 aliphatic heterocycles. The molecule has 3 atom stereocenters. The van der Waals surface area contributed by atoms with E-state index in [9.17, 15) is 36.3 Å². The number of ether oxygens (including phenoxy) is 1. The molecule has 0 saturated carbocycles. The summed E-state index contributed by atoms with van der Waals surface area (Å²) in [7, 11) is -0.892. The maximum absolute atomic E-state index is 13.4. The standard InChI is InChI=1S/C29H35F3N6O6S/c1-18-13-38(19(2)16-39)27(40)12-20-11-23(35-28(41)34-22-7-5-21(6-8-22)29(30,31)32)9-10-24(20)44-25(18)14-37(4)45(42,43)26-15-36(3)17-33-26/h5-11,15,17-19,25,39H,12-14,16H2,1-4H3,(H2,34,35,41)/t18-,19+,25-/m0/s1. The smallest absolute Gasteiger partial charge is 0.416 e. The molecule has 0 saturated heterocycles. The molecule has 2 heterocycles. The summed E-state index contributed by atoms with van der Waals surface area (Å²) in [6, 6.07) is 7.30. The number of hydrogen-bond donors (Lipinski definition) is 3. The molecule has 1 aliphatic rings. The Hall–Kier alpha value is -4.15. The van der Waals surface area contributed by atoms with E-state index in [4.69, 9.17) is 4.74 Å². The lowest BCUT2D eigenvalue weighted by atomic mass is 10.0. The number of imidazole rings is 1. The predicted octanol–water partition coefficient (Wildman–Crippen LogP) is 3.55. The van der Waals surface area contributed by atoms with E-state index >= 15 is 0 Å². The van der Waals surface area contributed by atoms with Gasteiger partial charge in [0, 0.05) is 49.7 Å². The quantitative estimate of drug-likeness (QED) is 0.338. The van der Waals surface area contributed by atoms with Crippen LogP contribution in [0.4, 0.5) is 29.3 Å². The summed E-state index contributed by atoms with van der Waals surface area (Å²) in [5.41, 5.74) is -0.0442. The van der Waals surface area contributed by atoms with Crippen LogP contribution in [0, 0.1) is 5.92 Å². The number of rotatable bonds is 8. The molecule has 4 rings (SSSR count). The van der Waals surface area contributed by atoms with Crippen LogP contribution < -0.4 is 15.4 Å². The number of halogens is 3. The number of amides is 3. The molecule has 45 heavy (non-hydrogen) atoms. The zero-order chi connectivity index (χ0) is 33.1. The first-order chi connectivity index (χ1) is 21.1. The van der Waals surface area contributed by atoms with Gasteiger partial charge in [0.15, 0.2) is 5.03 Å². The van der Waals surface area contributed by atoms with Crippen LogP contribution >= 0.6 is 0 Å². The number of carbonyl (C=O) groups excluding carboxylic acids is 2. The van der Waals surface area contributed by atoms with E-state index in [1.165, 1.54) is 41.2 Å². The molecule has 16 heteroatoms. The van der Waals surface area contributed by atoms with E-state index in [0.717, 1.165) is 28.6 Å². The molecular weight excluding hydrogens is 617 g/mol. The molecule has 244 valence electrons. The van der Waals surface area contributed by atoms with Crippen molar-refractivity contribution in [3.63, 3.8) is 0 Å². The van der Waals surface area contributed by atoms with Gasteiger partial charge in [0.1, 0.15) is 11.9 Å². The Morgan fingerprint density at radius 2 is 1.82 bits per heavy atom. The van der Waals surface area contributed by atoms with Gasteiger partial charge in [-0.15, -0.1) is 0 Å². The molecule has 2 aromatic carbocycles. The topological polar surface area (TPSA) is 146 Å². The van der Waals surface area contributed by atoms with Crippen molar-refractivity contribution >= 4 is 33.3 Å². The summed E-state index contributed by atoms with van der Waals surface area (Å²) in [5, 5.41) is 14.8. The van der Waals surface area contributed by atoms with Crippen molar-refractivity contribution in [3.8, 4) is 5.75 Å². The minimum Gasteiger partial charge on any atom is -0.488 e. The van der Waals surface area contributed by atoms with Crippen molar-refractivity contribution in [1.29, 1.82) is 0 Å². The fourth-order valence-electron chi connectivity index (χ4n) is 4.79. The molecule has 0 aliphatic carbocycles. The second kappa shape index (κ2) is 13.5. The lowest BCUT2D eigenvalue weighted by molar-refractivity contribution is -0.137. The van der Waals surface area contributed by atoms with Gasteiger partial charge in [-0.05, 0) is 49.4 Å². The molecule has 0 unspecified atom stereocenters. The maximum Gasteiger partial charge on any atom is 0.416 e. The van der Waals surface area contributed by atoms with Crippen LogP contribution in [0.3, 0.4) is 0 Å². The first-order valence-electron chi connectivity index (χ1n) is 14.0. The summed E-state index contributed by atoms with van der Waals surface area (Å²) < 4.78 is 74.0. The van der Waals surface area contributed by atoms with Crippen LogP contribution in [0.5, 0.6) is 5.75 Å². The van der Waals surface area contributed by atoms with Crippen LogP contribution in [-0.4, -0.2) is 83.1 Å². The Balaban J connectivity index is 1.58. The van der Waals surface area contributed by atoms with Gasteiger partial charge in [0.05, 0.1) is 37.5 Å². The van der Waals surface area contributed by atoms with E-state index in [1.54, 1.807) is 20.0 Å². The largest absolute Gasteiger partial charge is 0.488 e. The number of nitrogens with one attached hydrogen (secondary N) is 2. The highest BCUT2D eigenvalue weighted by atomic mass is 32.2. The monoisotopic (exact) mass is 652 g/mol. The number of urea groups is 1. The molecule has 3 N–H and O–H groups in total. The molecule has 0 fully saturated rings. The third-order valence-corrected chi connectivity index (χ3v) is 9.15. The predicted molar refractivity (Wildman–Crippen MR) is 159 cm³/mol. The number of hydrogen-bond acceptors (Lipinski definition) is 7. The summed E-state index contributed by atoms with van der Waals surface area (Å²) in [4.78, 5) is 31.6. The normalized spacial score (nSPS) is 18.3. The van der Waals surface area contributed by atoms with Gasteiger partial charge in [0.2, 0.25) is 5.91 Å². The summed E-state index contributed by atoms with van der Waals surface area (Å²) in [6.07, 6.45) is -2.61. The Kier molecular flexibility index (Phi) is 10.1. The number of carbonyl (C=O) groups is 2. The number of aliphatic hydroxyl groups is 1. The number of nitrogens with zero attached hydrogens (tertiary/aromatic N) is 4. The number of aryl methyl sites for hydroxylation is 1. The third kappa shape index (κ3) is 8.12. The Bertz CT molecular complexity index is 1630. The lowest BCUT2D eigenvalue weighted by Crippen LogP contribution is -2.48. The number of aliphatic hydroxyl groups excluding tert-OH is 1. The van der Waals surface area contributed by atoms with E-state index < -0.39 is 39.9 Å². The lowest BCUT2D eigenvalue weighted by Gasteiger charge is -2.33. The Labute approximate surface area is 258 Å². The van der Waals surface area contributed by atoms with Crippen LogP contribution in [0.1, 0.15) is 25.0 Å². The van der Waals surface area contributed by atoms with E-state index in [2.05, 4.69) is 15.6 Å². The minimum absolute atomic E-state index is 0.0788. The highest BCUT2D eigenvalue weighted by Crippen LogP contribution is 2.31. The number of fused-ring (bicyclic) bond motifs is 1. The SMILES string of the molecule is C[C@H](CO)N1C[C@H](C)[C@H](CN(C)S(=O)(=O)c2cn(C)cn2)Oc2ccc(NC(=O)Nc3ccc(C(F)(F)F)cc3)cc2CC1=O. The molecule has 3 aromatic rings. The number of anilines is 2. The van der Waals surface area contributed by atoms with E-state index in [1.807, 2.05) is 6.92 Å². The van der Waals surface area contributed by atoms with Crippen LogP contribution in [0.25, 0.3) is 0 Å². The fourth-order valence-corrected chi connectivity index (χ4v) is 5.94. The third-order valence-electron chi connectivity index (χ3n) is 7.44. The summed E-state index contributed by atoms with van der Waals surface area (Å²) in [6.45, 7) is 3.32. The number of sulfonamides is 1. The van der Waals surface area contributed by atoms with Crippen molar-refractivity contribution in [2.75, 3.05) is 37.4 Å². The molecule has 0 spiro atoms. The second-order valence-electron chi connectivity index (χ2n) is 11.0. The van der Waals surface area contributed by atoms with Gasteiger partial charge in [-0.2, -0.15) is 17.5 Å². The minimum atomic E-state index is -4.51. The van der Waals surface area contributed by atoms with Crippen molar-refractivity contribution in [2.45, 2.75) is 43.6 Å². The molecular formula is C29H35F3N6O6S. The van der Waals surface area contributed by atoms with Gasteiger partial charge in [-0.25, -0.2) is 18.2 Å². The highest BCUT2D eigenvalue weighted by Gasteiger charge is 2.34. The van der Waals surface area contributed by atoms with Crippen LogP contribution in [-0.2, 0) is 34.5 Å². The Morgan fingerprint density at radius 1 is 1.18 bits per heavy atom. The zero-order valence-electron chi connectivity index (χ0n) is 25.1. The van der Waals surface area contributed by atoms with Crippen molar-refractivity contribution < 1.29 is 41.0 Å². The first-order valence-corrected chi connectivity index (χ1v) is 15.4. The maximum atomic E-state index is 13.4. The zero-order valence-corrected chi connectivity index (χ0v) is 25.9. The van der Waals surface area contributed by atoms with Gasteiger partial charge in [-0.3, -0.25) is 4.79 Å². The molecule has 1 aromatic heterocycles. The Morgan fingerprint density at radius 3 is 2.42 bits per heavy atom. The summed E-state index contributed by atoms with van der Waals surface area (Å²) >= 11 is 0. The number of alkyl halides is 3. The molecule has 12 nitrogen and oxygen atoms in total. The first kappa shape index (κ1) is 33.7. The average molecular weight is 653 g/mol. The number of likely N-dealkylation sites (N-methyl/N-ethyl adjacent to an activating group) is 1. The summed E-state index contributed by atoms with van der Waals surface area (Å²) in [5.74, 6) is -0.381. The number of aromatic nitrogens is 2. The fraction of sp³-hybridized carbons (Fsp3) is 0.414. The van der Waals surface area contributed by atoms with Crippen LogP contribution in [0.15, 0.2) is 60.0 Å². The van der Waals surface area contributed by atoms with Crippen molar-refractivity contribution in [1.82, 2.24) is 18.8 Å². The van der Waals surface area contributed by atoms with E-state index in [0.29, 0.717) is 11.3 Å². The van der Waals surface area contributed by atoms with Gasteiger partial charge in [0.25, 0.3) is 10.0 Å². The molecule has 3 amide bonds. The highest BCUT2D eigenvalue weighted by molar-refractivity contribution is 7.89.